The van der Waals surface area contributed by atoms with Crippen molar-refractivity contribution in [3.63, 3.8) is 0 Å². The number of imidazole rings is 1. The molecule has 0 saturated carbocycles. The number of piperidine rings is 1. The van der Waals surface area contributed by atoms with Crippen molar-refractivity contribution in [2.45, 2.75) is 52.6 Å². The molecule has 130 valence electrons. The largest absolute Gasteiger partial charge is 0.390 e. The van der Waals surface area contributed by atoms with Crippen molar-refractivity contribution < 1.29 is 9.90 Å². The summed E-state index contributed by atoms with van der Waals surface area (Å²) in [6.07, 6.45) is 2.67. The molecular weight excluding hydrogens is 302 g/mol. The van der Waals surface area contributed by atoms with Crippen LogP contribution in [0.3, 0.4) is 0 Å². The standard InChI is InChI=1S/C19H27N3O2/c1-12-9-15-16(10-13(12)2)21-17(20-15)18(23)22-7-5-14(6-8-22)11-19(3,4)24/h9-10,14,24H,5-8,11H2,1-4H3,(H,20,21). The number of aromatic nitrogens is 2. The van der Waals surface area contributed by atoms with Gasteiger partial charge in [0.15, 0.2) is 5.82 Å². The highest BCUT2D eigenvalue weighted by Gasteiger charge is 2.28. The maximum atomic E-state index is 12.7. The lowest BCUT2D eigenvalue weighted by atomic mass is 9.86. The van der Waals surface area contributed by atoms with E-state index in [-0.39, 0.29) is 5.91 Å². The van der Waals surface area contributed by atoms with Crippen LogP contribution in [0.25, 0.3) is 11.0 Å². The van der Waals surface area contributed by atoms with E-state index in [1.165, 1.54) is 11.1 Å². The van der Waals surface area contributed by atoms with E-state index in [1.54, 1.807) is 0 Å². The van der Waals surface area contributed by atoms with Gasteiger partial charge in [0.2, 0.25) is 0 Å². The molecule has 0 atom stereocenters. The zero-order valence-corrected chi connectivity index (χ0v) is 15.0. The van der Waals surface area contributed by atoms with E-state index in [4.69, 9.17) is 0 Å². The van der Waals surface area contributed by atoms with Crippen LogP contribution in [0.5, 0.6) is 0 Å². The summed E-state index contributed by atoms with van der Waals surface area (Å²) in [5, 5.41) is 9.95. The molecule has 1 aliphatic heterocycles. The fourth-order valence-corrected chi connectivity index (χ4v) is 3.57. The quantitative estimate of drug-likeness (QED) is 0.908. The number of aryl methyl sites for hydroxylation is 2. The molecule has 1 aromatic carbocycles. The highest BCUT2D eigenvalue weighted by Crippen LogP contribution is 2.27. The number of nitrogens with zero attached hydrogens (tertiary/aromatic N) is 2. The topological polar surface area (TPSA) is 69.2 Å². The summed E-state index contributed by atoms with van der Waals surface area (Å²) in [7, 11) is 0. The van der Waals surface area contributed by atoms with Gasteiger partial charge in [0.25, 0.3) is 5.91 Å². The smallest absolute Gasteiger partial charge is 0.289 e. The third-order valence-electron chi connectivity index (χ3n) is 4.99. The number of nitrogens with one attached hydrogen (secondary N) is 1. The number of carbonyl (C=O) groups excluding carboxylic acids is 1. The second kappa shape index (κ2) is 6.20. The Morgan fingerprint density at radius 2 is 1.92 bits per heavy atom. The molecule has 1 saturated heterocycles. The maximum absolute atomic E-state index is 12.7. The number of aromatic amines is 1. The van der Waals surface area contributed by atoms with Crippen molar-refractivity contribution in [1.29, 1.82) is 0 Å². The first kappa shape index (κ1) is 17.0. The molecule has 2 heterocycles. The van der Waals surface area contributed by atoms with Crippen molar-refractivity contribution >= 4 is 16.9 Å². The van der Waals surface area contributed by atoms with Gasteiger partial charge in [-0.1, -0.05) is 0 Å². The highest BCUT2D eigenvalue weighted by atomic mass is 16.3. The molecule has 1 aromatic heterocycles. The van der Waals surface area contributed by atoms with Crippen molar-refractivity contribution in [1.82, 2.24) is 14.9 Å². The number of aliphatic hydroxyl groups is 1. The summed E-state index contributed by atoms with van der Waals surface area (Å²) in [4.78, 5) is 22.2. The summed E-state index contributed by atoms with van der Waals surface area (Å²) in [5.41, 5.74) is 3.50. The number of amides is 1. The number of fused-ring (bicyclic) bond motifs is 1. The van der Waals surface area contributed by atoms with Crippen molar-refractivity contribution in [2.75, 3.05) is 13.1 Å². The minimum absolute atomic E-state index is 0.0248. The van der Waals surface area contributed by atoms with E-state index in [0.717, 1.165) is 43.4 Å². The number of hydrogen-bond donors (Lipinski definition) is 2. The molecule has 0 radical (unpaired) electrons. The molecule has 0 unspecified atom stereocenters. The molecule has 0 bridgehead atoms. The molecule has 2 aromatic rings. The molecule has 5 nitrogen and oxygen atoms in total. The van der Waals surface area contributed by atoms with E-state index in [0.29, 0.717) is 11.7 Å². The molecule has 1 fully saturated rings. The number of carbonyl (C=O) groups is 1. The van der Waals surface area contributed by atoms with Crippen LogP contribution in [0.1, 0.15) is 54.9 Å². The molecule has 0 aliphatic carbocycles. The Morgan fingerprint density at radius 3 is 2.54 bits per heavy atom. The number of benzene rings is 1. The molecule has 0 spiro atoms. The zero-order valence-electron chi connectivity index (χ0n) is 15.0. The van der Waals surface area contributed by atoms with Crippen molar-refractivity contribution in [3.05, 3.63) is 29.1 Å². The predicted octanol–water partition coefficient (Wildman–Crippen LogP) is 3.19. The van der Waals surface area contributed by atoms with Gasteiger partial charge in [-0.05, 0) is 76.1 Å². The van der Waals surface area contributed by atoms with Crippen LogP contribution in [0, 0.1) is 19.8 Å². The third kappa shape index (κ3) is 3.61. The fraction of sp³-hybridized carbons (Fsp3) is 0.579. The summed E-state index contributed by atoms with van der Waals surface area (Å²) < 4.78 is 0. The monoisotopic (exact) mass is 329 g/mol. The highest BCUT2D eigenvalue weighted by molar-refractivity contribution is 5.94. The van der Waals surface area contributed by atoms with Crippen LogP contribution in [0.4, 0.5) is 0 Å². The van der Waals surface area contributed by atoms with Crippen molar-refractivity contribution in [3.8, 4) is 0 Å². The van der Waals surface area contributed by atoms with Crippen LogP contribution in [0.2, 0.25) is 0 Å². The normalized spacial score (nSPS) is 16.8. The first-order chi connectivity index (χ1) is 11.2. The van der Waals surface area contributed by atoms with Crippen LogP contribution >= 0.6 is 0 Å². The zero-order chi connectivity index (χ0) is 17.5. The summed E-state index contributed by atoms with van der Waals surface area (Å²) >= 11 is 0. The van der Waals surface area contributed by atoms with E-state index < -0.39 is 5.60 Å². The molecule has 1 aliphatic rings. The minimum Gasteiger partial charge on any atom is -0.390 e. The van der Waals surface area contributed by atoms with E-state index >= 15 is 0 Å². The molecule has 5 heteroatoms. The first-order valence-corrected chi connectivity index (χ1v) is 8.71. The number of likely N-dealkylation sites (tertiary alicyclic amines) is 1. The number of rotatable bonds is 3. The average molecular weight is 329 g/mol. The SMILES string of the molecule is Cc1cc2nc(C(=O)N3CCC(CC(C)(C)O)CC3)[nH]c2cc1C. The first-order valence-electron chi connectivity index (χ1n) is 8.71. The van der Waals surface area contributed by atoms with Gasteiger partial charge in [-0.25, -0.2) is 4.98 Å². The van der Waals surface area contributed by atoms with Gasteiger partial charge in [-0.2, -0.15) is 0 Å². The second-order valence-corrected chi connectivity index (χ2v) is 7.79. The Bertz CT molecular complexity index is 711. The fourth-order valence-electron chi connectivity index (χ4n) is 3.57. The molecular formula is C19H27N3O2. The number of hydrogen-bond acceptors (Lipinski definition) is 3. The lowest BCUT2D eigenvalue weighted by Gasteiger charge is -2.34. The second-order valence-electron chi connectivity index (χ2n) is 7.79. The molecule has 2 N–H and O–H groups in total. The molecule has 24 heavy (non-hydrogen) atoms. The Balaban J connectivity index is 1.69. The van der Waals surface area contributed by atoms with Gasteiger partial charge in [0, 0.05) is 13.1 Å². The van der Waals surface area contributed by atoms with Crippen molar-refractivity contribution in [2.24, 2.45) is 5.92 Å². The Labute approximate surface area is 143 Å². The Hall–Kier alpha value is -1.88. The summed E-state index contributed by atoms with van der Waals surface area (Å²) in [6, 6.07) is 4.07. The van der Waals surface area contributed by atoms with Gasteiger partial charge in [0.1, 0.15) is 0 Å². The maximum Gasteiger partial charge on any atom is 0.289 e. The van der Waals surface area contributed by atoms with Gasteiger partial charge in [-0.3, -0.25) is 4.79 Å². The van der Waals surface area contributed by atoms with Gasteiger partial charge >= 0.3 is 0 Å². The minimum atomic E-state index is -0.634. The van der Waals surface area contributed by atoms with Crippen LogP contribution in [0.15, 0.2) is 12.1 Å². The molecule has 3 rings (SSSR count). The van der Waals surface area contributed by atoms with E-state index in [2.05, 4.69) is 23.8 Å². The van der Waals surface area contributed by atoms with Crippen LogP contribution in [-0.2, 0) is 0 Å². The predicted molar refractivity (Wildman–Crippen MR) is 95.1 cm³/mol. The van der Waals surface area contributed by atoms with E-state index in [1.807, 2.05) is 30.9 Å². The lowest BCUT2D eigenvalue weighted by Crippen LogP contribution is -2.40. The number of H-pyrrole nitrogens is 1. The molecule has 1 amide bonds. The Morgan fingerprint density at radius 1 is 1.29 bits per heavy atom. The van der Waals surface area contributed by atoms with Crippen LogP contribution < -0.4 is 0 Å². The van der Waals surface area contributed by atoms with Gasteiger partial charge in [0.05, 0.1) is 16.6 Å². The van der Waals surface area contributed by atoms with Crippen LogP contribution in [-0.4, -0.2) is 44.6 Å². The third-order valence-corrected chi connectivity index (χ3v) is 4.99. The Kier molecular flexibility index (Phi) is 4.38. The van der Waals surface area contributed by atoms with Gasteiger partial charge < -0.3 is 15.0 Å². The summed E-state index contributed by atoms with van der Waals surface area (Å²) in [6.45, 7) is 9.28. The summed E-state index contributed by atoms with van der Waals surface area (Å²) in [5.74, 6) is 0.883. The lowest BCUT2D eigenvalue weighted by molar-refractivity contribution is 0.0355. The average Bonchev–Trinajstić information content (AvgIpc) is 2.89. The van der Waals surface area contributed by atoms with E-state index in [9.17, 15) is 9.90 Å². The van der Waals surface area contributed by atoms with Gasteiger partial charge in [-0.15, -0.1) is 0 Å².